The molecule has 0 spiro atoms. The second kappa shape index (κ2) is 8.27. The van der Waals surface area contributed by atoms with Gasteiger partial charge in [-0.1, -0.05) is 42.5 Å². The molecule has 0 saturated carbocycles. The highest BCUT2D eigenvalue weighted by atomic mass is 19.4. The SMILES string of the molecule is CC(NCCC(=O)c1cccc(C(F)(F)F)c1)C(O)c1ccccc1. The Kier molecular flexibility index (Phi) is 6.33. The summed E-state index contributed by atoms with van der Waals surface area (Å²) in [5.74, 6) is -0.375. The molecule has 0 saturated heterocycles. The third-order valence-corrected chi connectivity index (χ3v) is 3.94. The van der Waals surface area contributed by atoms with Crippen LogP contribution in [0.3, 0.4) is 0 Å². The average Bonchev–Trinajstić information content (AvgIpc) is 2.61. The number of Topliss-reactive ketones (excluding diaryl/α,β-unsaturated/α-hetero) is 1. The zero-order chi connectivity index (χ0) is 18.4. The van der Waals surface area contributed by atoms with Gasteiger partial charge >= 0.3 is 6.18 Å². The number of hydrogen-bond acceptors (Lipinski definition) is 3. The molecule has 2 N–H and O–H groups in total. The fourth-order valence-electron chi connectivity index (χ4n) is 2.48. The molecule has 134 valence electrons. The Hall–Kier alpha value is -2.18. The quantitative estimate of drug-likeness (QED) is 0.742. The van der Waals surface area contributed by atoms with Crippen molar-refractivity contribution in [3.05, 3.63) is 71.3 Å². The first kappa shape index (κ1) is 19.1. The first-order valence-corrected chi connectivity index (χ1v) is 7.96. The molecule has 2 aromatic rings. The molecule has 0 heterocycles. The van der Waals surface area contributed by atoms with Crippen LogP contribution in [0.2, 0.25) is 0 Å². The third-order valence-electron chi connectivity index (χ3n) is 3.94. The highest BCUT2D eigenvalue weighted by molar-refractivity contribution is 5.96. The lowest BCUT2D eigenvalue weighted by Crippen LogP contribution is -2.33. The van der Waals surface area contributed by atoms with Crippen molar-refractivity contribution in [2.45, 2.75) is 31.7 Å². The van der Waals surface area contributed by atoms with Crippen LogP contribution >= 0.6 is 0 Å². The molecule has 0 amide bonds. The van der Waals surface area contributed by atoms with Crippen LogP contribution in [0.1, 0.15) is 40.9 Å². The first-order chi connectivity index (χ1) is 11.8. The van der Waals surface area contributed by atoms with E-state index >= 15 is 0 Å². The van der Waals surface area contributed by atoms with E-state index < -0.39 is 17.8 Å². The molecule has 0 aliphatic carbocycles. The predicted octanol–water partition coefficient (Wildman–Crippen LogP) is 3.99. The van der Waals surface area contributed by atoms with Gasteiger partial charge in [0, 0.05) is 24.6 Å². The number of halogens is 3. The van der Waals surface area contributed by atoms with E-state index in [1.165, 1.54) is 12.1 Å². The molecule has 0 aliphatic rings. The van der Waals surface area contributed by atoms with Gasteiger partial charge in [0.05, 0.1) is 11.7 Å². The smallest absolute Gasteiger partial charge is 0.387 e. The van der Waals surface area contributed by atoms with Crippen molar-refractivity contribution in [2.75, 3.05) is 6.54 Å². The van der Waals surface area contributed by atoms with Gasteiger partial charge in [-0.15, -0.1) is 0 Å². The number of carbonyl (C=O) groups is 1. The zero-order valence-electron chi connectivity index (χ0n) is 13.8. The van der Waals surface area contributed by atoms with Crippen LogP contribution in [0, 0.1) is 0 Å². The number of nitrogens with one attached hydrogen (secondary N) is 1. The van der Waals surface area contributed by atoms with Crippen LogP contribution in [-0.4, -0.2) is 23.5 Å². The lowest BCUT2D eigenvalue weighted by Gasteiger charge is -2.20. The molecule has 0 aliphatic heterocycles. The summed E-state index contributed by atoms with van der Waals surface area (Å²) in [5.41, 5.74) is -0.0428. The number of aliphatic hydroxyl groups excluding tert-OH is 1. The van der Waals surface area contributed by atoms with Gasteiger partial charge in [-0.25, -0.2) is 0 Å². The molecule has 0 radical (unpaired) electrons. The molecule has 2 aromatic carbocycles. The molecule has 25 heavy (non-hydrogen) atoms. The van der Waals surface area contributed by atoms with Crippen molar-refractivity contribution in [3.8, 4) is 0 Å². The number of rotatable bonds is 7. The maximum atomic E-state index is 12.7. The molecule has 0 aromatic heterocycles. The lowest BCUT2D eigenvalue weighted by molar-refractivity contribution is -0.137. The van der Waals surface area contributed by atoms with Crippen molar-refractivity contribution >= 4 is 5.78 Å². The van der Waals surface area contributed by atoms with Gasteiger partial charge in [0.15, 0.2) is 5.78 Å². The number of ketones is 1. The Bertz CT molecular complexity index is 701. The van der Waals surface area contributed by atoms with E-state index in [9.17, 15) is 23.1 Å². The minimum Gasteiger partial charge on any atom is -0.387 e. The first-order valence-electron chi connectivity index (χ1n) is 7.96. The van der Waals surface area contributed by atoms with Gasteiger partial charge in [0.1, 0.15) is 0 Å². The topological polar surface area (TPSA) is 49.3 Å². The van der Waals surface area contributed by atoms with Crippen molar-refractivity contribution in [1.82, 2.24) is 5.32 Å². The average molecular weight is 351 g/mol. The van der Waals surface area contributed by atoms with Gasteiger partial charge < -0.3 is 10.4 Å². The Morgan fingerprint density at radius 3 is 2.44 bits per heavy atom. The van der Waals surface area contributed by atoms with E-state index in [0.717, 1.165) is 17.7 Å². The van der Waals surface area contributed by atoms with Gasteiger partial charge in [-0.05, 0) is 24.6 Å². The Balaban J connectivity index is 1.88. The van der Waals surface area contributed by atoms with Crippen LogP contribution in [0.5, 0.6) is 0 Å². The summed E-state index contributed by atoms with van der Waals surface area (Å²) in [7, 11) is 0. The summed E-state index contributed by atoms with van der Waals surface area (Å²) in [6.45, 7) is 2.05. The Labute approximate surface area is 144 Å². The fourth-order valence-corrected chi connectivity index (χ4v) is 2.48. The summed E-state index contributed by atoms with van der Waals surface area (Å²) < 4.78 is 38.1. The summed E-state index contributed by atoms with van der Waals surface area (Å²) in [6, 6.07) is 13.2. The van der Waals surface area contributed by atoms with E-state index in [1.807, 2.05) is 18.2 Å². The van der Waals surface area contributed by atoms with E-state index in [4.69, 9.17) is 0 Å². The van der Waals surface area contributed by atoms with Gasteiger partial charge in [-0.3, -0.25) is 4.79 Å². The number of carbonyl (C=O) groups excluding carboxylic acids is 1. The van der Waals surface area contributed by atoms with Crippen molar-refractivity contribution in [2.24, 2.45) is 0 Å². The predicted molar refractivity (Wildman–Crippen MR) is 89.3 cm³/mol. The zero-order valence-corrected chi connectivity index (χ0v) is 13.8. The molecule has 0 fully saturated rings. The molecular formula is C19H20F3NO2. The standard InChI is InChI=1S/C19H20F3NO2/c1-13(18(25)14-6-3-2-4-7-14)23-11-10-17(24)15-8-5-9-16(12-15)19(20,21)22/h2-9,12-13,18,23,25H,10-11H2,1H3. The number of aliphatic hydroxyl groups is 1. The van der Waals surface area contributed by atoms with Gasteiger partial charge in [0.2, 0.25) is 0 Å². The van der Waals surface area contributed by atoms with Gasteiger partial charge in [-0.2, -0.15) is 13.2 Å². The molecule has 3 nitrogen and oxygen atoms in total. The molecule has 2 unspecified atom stereocenters. The highest BCUT2D eigenvalue weighted by Gasteiger charge is 2.30. The second-order valence-electron chi connectivity index (χ2n) is 5.85. The van der Waals surface area contributed by atoms with E-state index in [1.54, 1.807) is 19.1 Å². The third kappa shape index (κ3) is 5.41. The maximum absolute atomic E-state index is 12.7. The van der Waals surface area contributed by atoms with E-state index in [-0.39, 0.29) is 30.4 Å². The normalized spacial score (nSPS) is 14.1. The molecule has 2 rings (SSSR count). The highest BCUT2D eigenvalue weighted by Crippen LogP contribution is 2.29. The van der Waals surface area contributed by atoms with Crippen LogP contribution in [0.15, 0.2) is 54.6 Å². The Morgan fingerprint density at radius 1 is 1.12 bits per heavy atom. The minimum atomic E-state index is -4.47. The van der Waals surface area contributed by atoms with Gasteiger partial charge in [0.25, 0.3) is 0 Å². The van der Waals surface area contributed by atoms with Crippen LogP contribution < -0.4 is 5.32 Å². The van der Waals surface area contributed by atoms with Crippen molar-refractivity contribution < 1.29 is 23.1 Å². The minimum absolute atomic E-state index is 0.0351. The lowest BCUT2D eigenvalue weighted by atomic mass is 10.0. The van der Waals surface area contributed by atoms with Crippen LogP contribution in [0.4, 0.5) is 13.2 Å². The molecule has 0 bridgehead atoms. The Morgan fingerprint density at radius 2 is 1.80 bits per heavy atom. The maximum Gasteiger partial charge on any atom is 0.416 e. The number of alkyl halides is 3. The summed E-state index contributed by atoms with van der Waals surface area (Å²) in [4.78, 5) is 12.1. The van der Waals surface area contributed by atoms with Crippen molar-refractivity contribution in [1.29, 1.82) is 0 Å². The second-order valence-corrected chi connectivity index (χ2v) is 5.85. The summed E-state index contributed by atoms with van der Waals surface area (Å²) in [6.07, 6.45) is -5.15. The number of benzene rings is 2. The van der Waals surface area contributed by atoms with E-state index in [0.29, 0.717) is 0 Å². The largest absolute Gasteiger partial charge is 0.416 e. The fraction of sp³-hybridized carbons (Fsp3) is 0.316. The monoisotopic (exact) mass is 351 g/mol. The van der Waals surface area contributed by atoms with Crippen molar-refractivity contribution in [3.63, 3.8) is 0 Å². The van der Waals surface area contributed by atoms with Crippen LogP contribution in [-0.2, 0) is 6.18 Å². The molecule has 6 heteroatoms. The summed E-state index contributed by atoms with van der Waals surface area (Å²) in [5, 5.41) is 13.3. The summed E-state index contributed by atoms with van der Waals surface area (Å²) >= 11 is 0. The molecular weight excluding hydrogens is 331 g/mol. The molecule has 2 atom stereocenters. The number of hydrogen-bond donors (Lipinski definition) is 2. The van der Waals surface area contributed by atoms with E-state index in [2.05, 4.69) is 5.32 Å². The van der Waals surface area contributed by atoms with Crippen LogP contribution in [0.25, 0.3) is 0 Å².